The van der Waals surface area contributed by atoms with Crippen molar-refractivity contribution in [1.29, 1.82) is 0 Å². The van der Waals surface area contributed by atoms with E-state index in [-0.39, 0.29) is 0 Å². The second-order valence-corrected chi connectivity index (χ2v) is 2.98. The van der Waals surface area contributed by atoms with Crippen molar-refractivity contribution in [3.05, 3.63) is 24.0 Å². The maximum atomic E-state index is 5.76. The van der Waals surface area contributed by atoms with Crippen LogP contribution in [0.3, 0.4) is 0 Å². The Balaban J connectivity index is 2.39. The van der Waals surface area contributed by atoms with Gasteiger partial charge < -0.3 is 5.73 Å². The lowest BCUT2D eigenvalue weighted by molar-refractivity contribution is 0.933. The number of aromatic nitrogens is 2. The molecule has 2 N–H and O–H groups in total. The highest BCUT2D eigenvalue weighted by molar-refractivity contribution is 5.74. The van der Waals surface area contributed by atoms with Gasteiger partial charge in [0.1, 0.15) is 0 Å². The van der Waals surface area contributed by atoms with Crippen LogP contribution in [-0.2, 0) is 0 Å². The first kappa shape index (κ1) is 7.28. The van der Waals surface area contributed by atoms with E-state index in [1.807, 2.05) is 0 Å². The first-order chi connectivity index (χ1) is 5.88. The van der Waals surface area contributed by atoms with Crippen LogP contribution >= 0.6 is 0 Å². The monoisotopic (exact) mass is 161 g/mol. The maximum absolute atomic E-state index is 5.76. The fourth-order valence-corrected chi connectivity index (χ4v) is 1.51. The molecule has 1 aliphatic rings. The number of nitrogen functional groups attached to an aromatic ring is 1. The summed E-state index contributed by atoms with van der Waals surface area (Å²) in [7, 11) is 0. The van der Waals surface area contributed by atoms with Crippen molar-refractivity contribution in [1.82, 2.24) is 10.2 Å². The highest BCUT2D eigenvalue weighted by Crippen LogP contribution is 2.29. The lowest BCUT2D eigenvalue weighted by atomic mass is 10.1. The topological polar surface area (TPSA) is 51.8 Å². The standard InChI is InChI=1S/C9H11N3/c10-9-6-12-11-5-8(9)7-3-1-2-4-7/h3,5-6H,1-2,4H2,(H2,10,11). The molecular formula is C9H11N3. The summed E-state index contributed by atoms with van der Waals surface area (Å²) < 4.78 is 0. The quantitative estimate of drug-likeness (QED) is 0.681. The molecule has 1 aromatic rings. The van der Waals surface area contributed by atoms with Crippen molar-refractivity contribution < 1.29 is 0 Å². The third kappa shape index (κ3) is 1.18. The van der Waals surface area contributed by atoms with Crippen molar-refractivity contribution >= 4 is 11.3 Å². The number of hydrogen-bond donors (Lipinski definition) is 1. The third-order valence-corrected chi connectivity index (χ3v) is 2.15. The Bertz CT molecular complexity index is 317. The van der Waals surface area contributed by atoms with E-state index in [9.17, 15) is 0 Å². The van der Waals surface area contributed by atoms with Gasteiger partial charge in [-0.25, -0.2) is 0 Å². The van der Waals surface area contributed by atoms with E-state index < -0.39 is 0 Å². The molecule has 3 heteroatoms. The molecular weight excluding hydrogens is 150 g/mol. The largest absolute Gasteiger partial charge is 0.397 e. The summed E-state index contributed by atoms with van der Waals surface area (Å²) in [5.74, 6) is 0. The lowest BCUT2D eigenvalue weighted by Crippen LogP contribution is -1.95. The summed E-state index contributed by atoms with van der Waals surface area (Å²) in [6.07, 6.45) is 9.10. The van der Waals surface area contributed by atoms with Gasteiger partial charge in [0.2, 0.25) is 0 Å². The predicted octanol–water partition coefficient (Wildman–Crippen LogP) is 1.63. The molecule has 1 aliphatic carbocycles. The van der Waals surface area contributed by atoms with Crippen LogP contribution in [0.25, 0.3) is 5.57 Å². The Hall–Kier alpha value is -1.38. The molecule has 0 spiro atoms. The SMILES string of the molecule is Nc1cnncc1C1=CCCC1. The second-order valence-electron chi connectivity index (χ2n) is 2.98. The smallest absolute Gasteiger partial charge is 0.0732 e. The zero-order valence-corrected chi connectivity index (χ0v) is 6.83. The Kier molecular flexibility index (Phi) is 1.78. The first-order valence-corrected chi connectivity index (χ1v) is 4.13. The Morgan fingerprint density at radius 3 is 2.75 bits per heavy atom. The van der Waals surface area contributed by atoms with Crippen LogP contribution in [0.2, 0.25) is 0 Å². The summed E-state index contributed by atoms with van der Waals surface area (Å²) in [4.78, 5) is 0. The highest BCUT2D eigenvalue weighted by Gasteiger charge is 2.09. The molecule has 0 unspecified atom stereocenters. The van der Waals surface area contributed by atoms with E-state index in [0.29, 0.717) is 0 Å². The van der Waals surface area contributed by atoms with E-state index in [2.05, 4.69) is 16.3 Å². The van der Waals surface area contributed by atoms with Gasteiger partial charge in [-0.15, -0.1) is 0 Å². The fraction of sp³-hybridized carbons (Fsp3) is 0.333. The van der Waals surface area contributed by atoms with Crippen molar-refractivity contribution in [3.8, 4) is 0 Å². The summed E-state index contributed by atoms with van der Waals surface area (Å²) in [6, 6.07) is 0. The van der Waals surface area contributed by atoms with Gasteiger partial charge in [0.25, 0.3) is 0 Å². The van der Waals surface area contributed by atoms with Gasteiger partial charge in [-0.3, -0.25) is 0 Å². The minimum absolute atomic E-state index is 0.734. The Labute approximate surface area is 71.3 Å². The number of rotatable bonds is 1. The minimum atomic E-state index is 0.734. The zero-order valence-electron chi connectivity index (χ0n) is 6.83. The van der Waals surface area contributed by atoms with Crippen LogP contribution < -0.4 is 5.73 Å². The third-order valence-electron chi connectivity index (χ3n) is 2.15. The van der Waals surface area contributed by atoms with E-state index >= 15 is 0 Å². The van der Waals surface area contributed by atoms with Crippen LogP contribution in [0.1, 0.15) is 24.8 Å². The average Bonchev–Trinajstić information content (AvgIpc) is 2.57. The van der Waals surface area contributed by atoms with Gasteiger partial charge in [-0.2, -0.15) is 10.2 Å². The van der Waals surface area contributed by atoms with Gasteiger partial charge in [0, 0.05) is 5.56 Å². The number of allylic oxidation sites excluding steroid dienone is 2. The van der Waals surface area contributed by atoms with Gasteiger partial charge in [0.15, 0.2) is 0 Å². The molecule has 0 saturated heterocycles. The molecule has 3 nitrogen and oxygen atoms in total. The molecule has 0 atom stereocenters. The summed E-state index contributed by atoms with van der Waals surface area (Å²) >= 11 is 0. The van der Waals surface area contributed by atoms with Crippen LogP contribution in [0, 0.1) is 0 Å². The Morgan fingerprint density at radius 2 is 2.08 bits per heavy atom. The van der Waals surface area contributed by atoms with Gasteiger partial charge in [-0.05, 0) is 24.8 Å². The van der Waals surface area contributed by atoms with Crippen LogP contribution in [0.4, 0.5) is 5.69 Å². The molecule has 12 heavy (non-hydrogen) atoms. The molecule has 0 bridgehead atoms. The second kappa shape index (κ2) is 2.93. The van der Waals surface area contributed by atoms with Crippen LogP contribution in [0.15, 0.2) is 18.5 Å². The van der Waals surface area contributed by atoms with E-state index in [1.54, 1.807) is 12.4 Å². The highest BCUT2D eigenvalue weighted by atomic mass is 15.1. The molecule has 0 radical (unpaired) electrons. The predicted molar refractivity (Wildman–Crippen MR) is 48.3 cm³/mol. The normalized spacial score (nSPS) is 16.2. The summed E-state index contributed by atoms with van der Waals surface area (Å²) in [5.41, 5.74) is 8.87. The molecule has 0 amide bonds. The Morgan fingerprint density at radius 1 is 1.25 bits per heavy atom. The molecule has 0 saturated carbocycles. The lowest BCUT2D eigenvalue weighted by Gasteiger charge is -2.03. The summed E-state index contributed by atoms with van der Waals surface area (Å²) in [5, 5.41) is 7.53. The van der Waals surface area contributed by atoms with Gasteiger partial charge in [-0.1, -0.05) is 6.08 Å². The van der Waals surface area contributed by atoms with Crippen LogP contribution in [0.5, 0.6) is 0 Å². The minimum Gasteiger partial charge on any atom is -0.397 e. The van der Waals surface area contributed by atoms with Crippen molar-refractivity contribution in [3.63, 3.8) is 0 Å². The van der Waals surface area contributed by atoms with Crippen LogP contribution in [-0.4, -0.2) is 10.2 Å². The average molecular weight is 161 g/mol. The maximum Gasteiger partial charge on any atom is 0.0732 e. The van der Waals surface area contributed by atoms with Crippen molar-refractivity contribution in [2.24, 2.45) is 0 Å². The number of anilines is 1. The molecule has 62 valence electrons. The fourth-order valence-electron chi connectivity index (χ4n) is 1.51. The van der Waals surface area contributed by atoms with Crippen molar-refractivity contribution in [2.45, 2.75) is 19.3 Å². The molecule has 2 rings (SSSR count). The molecule has 0 fully saturated rings. The molecule has 0 aromatic carbocycles. The molecule has 1 heterocycles. The van der Waals surface area contributed by atoms with Gasteiger partial charge in [0.05, 0.1) is 18.1 Å². The van der Waals surface area contributed by atoms with Gasteiger partial charge >= 0.3 is 0 Å². The van der Waals surface area contributed by atoms with Crippen molar-refractivity contribution in [2.75, 3.05) is 5.73 Å². The van der Waals surface area contributed by atoms with E-state index in [1.165, 1.54) is 12.0 Å². The summed E-state index contributed by atoms with van der Waals surface area (Å²) in [6.45, 7) is 0. The zero-order chi connectivity index (χ0) is 8.39. The number of nitrogens with zero attached hydrogens (tertiary/aromatic N) is 2. The molecule has 1 aromatic heterocycles. The molecule has 0 aliphatic heterocycles. The number of nitrogens with two attached hydrogens (primary N) is 1. The number of hydrogen-bond acceptors (Lipinski definition) is 3. The van der Waals surface area contributed by atoms with E-state index in [4.69, 9.17) is 5.73 Å². The first-order valence-electron chi connectivity index (χ1n) is 4.13. The van der Waals surface area contributed by atoms with E-state index in [0.717, 1.165) is 24.1 Å².